The fourth-order valence-electron chi connectivity index (χ4n) is 1.92. The fourth-order valence-corrected chi connectivity index (χ4v) is 2.08. The van der Waals surface area contributed by atoms with Crippen LogP contribution < -0.4 is 4.74 Å². The molecule has 0 aromatic carbocycles. The van der Waals surface area contributed by atoms with Crippen LogP contribution in [-0.4, -0.2) is 40.9 Å². The highest BCUT2D eigenvalue weighted by molar-refractivity contribution is 6.18. The van der Waals surface area contributed by atoms with Gasteiger partial charge in [-0.15, -0.1) is 11.6 Å². The predicted molar refractivity (Wildman–Crippen MR) is 65.1 cm³/mol. The summed E-state index contributed by atoms with van der Waals surface area (Å²) in [5.74, 6) is 0.0438. The Kier molecular flexibility index (Phi) is 4.36. The van der Waals surface area contributed by atoms with E-state index in [1.54, 1.807) is 17.0 Å². The number of hydrogen-bond acceptors (Lipinski definition) is 3. The van der Waals surface area contributed by atoms with Crippen molar-refractivity contribution in [3.8, 4) is 5.88 Å². The highest BCUT2D eigenvalue weighted by atomic mass is 35.5. The predicted octanol–water partition coefficient (Wildman–Crippen LogP) is 1.83. The Morgan fingerprint density at radius 2 is 2.44 bits per heavy atom. The molecule has 1 aliphatic heterocycles. The number of rotatable bonds is 4. The molecule has 98 valence electrons. The number of hydrogen-bond donors (Lipinski definition) is 0. The number of carbonyl (C=O) groups is 1. The molecule has 2 rings (SSSR count). The zero-order chi connectivity index (χ0) is 13.0. The second kappa shape index (κ2) is 6.00. The standard InChI is InChI=1S/C12H14ClFN2O2/c13-6-4-12(17)16-7-5-9(8-16)18-11-3-1-2-10(14)15-11/h1-3,9H,4-8H2. The zero-order valence-corrected chi connectivity index (χ0v) is 10.6. The van der Waals surface area contributed by atoms with E-state index >= 15 is 0 Å². The van der Waals surface area contributed by atoms with E-state index in [1.165, 1.54) is 6.07 Å². The van der Waals surface area contributed by atoms with Gasteiger partial charge in [-0.25, -0.2) is 0 Å². The fraction of sp³-hybridized carbons (Fsp3) is 0.500. The minimum atomic E-state index is -0.569. The van der Waals surface area contributed by atoms with Gasteiger partial charge in [0.2, 0.25) is 17.7 Å². The number of nitrogens with zero attached hydrogens (tertiary/aromatic N) is 2. The van der Waals surface area contributed by atoms with Crippen molar-refractivity contribution in [1.82, 2.24) is 9.88 Å². The van der Waals surface area contributed by atoms with E-state index in [0.717, 1.165) is 6.42 Å². The van der Waals surface area contributed by atoms with Crippen LogP contribution in [-0.2, 0) is 4.79 Å². The Hall–Kier alpha value is -1.36. The van der Waals surface area contributed by atoms with E-state index in [0.29, 0.717) is 25.4 Å². The minimum absolute atomic E-state index is 0.0308. The van der Waals surface area contributed by atoms with Crippen LogP contribution in [0.5, 0.6) is 5.88 Å². The smallest absolute Gasteiger partial charge is 0.223 e. The lowest BCUT2D eigenvalue weighted by molar-refractivity contribution is -0.130. The zero-order valence-electron chi connectivity index (χ0n) is 9.81. The Morgan fingerprint density at radius 3 is 3.17 bits per heavy atom. The van der Waals surface area contributed by atoms with Crippen molar-refractivity contribution in [1.29, 1.82) is 0 Å². The number of aromatic nitrogens is 1. The molecule has 6 heteroatoms. The lowest BCUT2D eigenvalue weighted by atomic mass is 10.3. The van der Waals surface area contributed by atoms with E-state index in [4.69, 9.17) is 16.3 Å². The SMILES string of the molecule is O=C(CCCl)N1CCC(Oc2cccc(F)n2)C1. The minimum Gasteiger partial charge on any atom is -0.472 e. The van der Waals surface area contributed by atoms with Gasteiger partial charge in [0.15, 0.2) is 0 Å². The average molecular weight is 273 g/mol. The molecule has 2 heterocycles. The van der Waals surface area contributed by atoms with Gasteiger partial charge in [-0.2, -0.15) is 9.37 Å². The first-order valence-corrected chi connectivity index (χ1v) is 6.35. The molecule has 0 saturated carbocycles. The van der Waals surface area contributed by atoms with E-state index in [9.17, 15) is 9.18 Å². The first kappa shape index (κ1) is 13.1. The van der Waals surface area contributed by atoms with Crippen molar-refractivity contribution in [3.63, 3.8) is 0 Å². The third kappa shape index (κ3) is 3.32. The summed E-state index contributed by atoms with van der Waals surface area (Å²) in [4.78, 5) is 17.0. The molecule has 1 atom stereocenters. The number of likely N-dealkylation sites (tertiary alicyclic amines) is 1. The maximum atomic E-state index is 12.9. The summed E-state index contributed by atoms with van der Waals surface area (Å²) in [5, 5.41) is 0. The van der Waals surface area contributed by atoms with Crippen LogP contribution in [0.25, 0.3) is 0 Å². The second-order valence-electron chi connectivity index (χ2n) is 4.11. The van der Waals surface area contributed by atoms with Crippen LogP contribution >= 0.6 is 11.6 Å². The molecule has 1 aromatic heterocycles. The molecular formula is C12H14ClFN2O2. The van der Waals surface area contributed by atoms with Gasteiger partial charge in [0.05, 0.1) is 6.54 Å². The Balaban J connectivity index is 1.88. The molecule has 1 saturated heterocycles. The van der Waals surface area contributed by atoms with E-state index < -0.39 is 5.95 Å². The van der Waals surface area contributed by atoms with E-state index in [1.807, 2.05) is 0 Å². The third-order valence-corrected chi connectivity index (χ3v) is 2.97. The molecule has 0 N–H and O–H groups in total. The number of carbonyl (C=O) groups excluding carboxylic acids is 1. The first-order valence-electron chi connectivity index (χ1n) is 5.82. The molecule has 18 heavy (non-hydrogen) atoms. The maximum Gasteiger partial charge on any atom is 0.223 e. The molecule has 0 aliphatic carbocycles. The van der Waals surface area contributed by atoms with Crippen LogP contribution in [0.4, 0.5) is 4.39 Å². The van der Waals surface area contributed by atoms with Crippen LogP contribution in [0.2, 0.25) is 0 Å². The molecular weight excluding hydrogens is 259 g/mol. The first-order chi connectivity index (χ1) is 8.69. The third-order valence-electron chi connectivity index (χ3n) is 2.78. The molecule has 0 radical (unpaired) electrons. The number of halogens is 2. The van der Waals surface area contributed by atoms with E-state index in [-0.39, 0.29) is 17.9 Å². The number of pyridine rings is 1. The summed E-state index contributed by atoms with van der Waals surface area (Å²) in [6.45, 7) is 1.16. The van der Waals surface area contributed by atoms with Crippen LogP contribution in [0, 0.1) is 5.95 Å². The second-order valence-corrected chi connectivity index (χ2v) is 4.48. The maximum absolute atomic E-state index is 12.9. The van der Waals surface area contributed by atoms with Crippen molar-refractivity contribution >= 4 is 17.5 Å². The van der Waals surface area contributed by atoms with Crippen molar-refractivity contribution in [2.45, 2.75) is 18.9 Å². The Morgan fingerprint density at radius 1 is 1.61 bits per heavy atom. The molecule has 1 aliphatic rings. The summed E-state index contributed by atoms with van der Waals surface area (Å²) in [7, 11) is 0. The van der Waals surface area contributed by atoms with Crippen molar-refractivity contribution < 1.29 is 13.9 Å². The quantitative estimate of drug-likeness (QED) is 0.620. The van der Waals surface area contributed by atoms with Crippen LogP contribution in [0.1, 0.15) is 12.8 Å². The average Bonchev–Trinajstić information content (AvgIpc) is 2.78. The summed E-state index contributed by atoms with van der Waals surface area (Å²) in [6, 6.07) is 4.41. The molecule has 1 fully saturated rings. The number of alkyl halides is 1. The molecule has 4 nitrogen and oxygen atoms in total. The summed E-state index contributed by atoms with van der Waals surface area (Å²) < 4.78 is 18.4. The van der Waals surface area contributed by atoms with Gasteiger partial charge in [0.1, 0.15) is 6.10 Å². The topological polar surface area (TPSA) is 42.4 Å². The molecule has 1 unspecified atom stereocenters. The lowest BCUT2D eigenvalue weighted by Crippen LogP contribution is -2.31. The van der Waals surface area contributed by atoms with Crippen molar-refractivity contribution in [3.05, 3.63) is 24.1 Å². The van der Waals surface area contributed by atoms with Crippen molar-refractivity contribution in [2.75, 3.05) is 19.0 Å². The summed E-state index contributed by atoms with van der Waals surface area (Å²) in [6.07, 6.45) is 0.942. The summed E-state index contributed by atoms with van der Waals surface area (Å²) in [5.41, 5.74) is 0. The van der Waals surface area contributed by atoms with Gasteiger partial charge in [0.25, 0.3) is 0 Å². The Labute approximate surface area is 110 Å². The Bertz CT molecular complexity index is 430. The number of ether oxygens (including phenoxy) is 1. The molecule has 1 amide bonds. The van der Waals surface area contributed by atoms with Gasteiger partial charge in [-0.05, 0) is 6.07 Å². The highest BCUT2D eigenvalue weighted by Gasteiger charge is 2.27. The molecule has 0 spiro atoms. The van der Waals surface area contributed by atoms with Crippen LogP contribution in [0.15, 0.2) is 18.2 Å². The monoisotopic (exact) mass is 272 g/mol. The number of amides is 1. The van der Waals surface area contributed by atoms with Gasteiger partial charge in [-0.3, -0.25) is 4.79 Å². The van der Waals surface area contributed by atoms with Crippen molar-refractivity contribution in [2.24, 2.45) is 0 Å². The molecule has 1 aromatic rings. The van der Waals surface area contributed by atoms with Gasteiger partial charge >= 0.3 is 0 Å². The summed E-state index contributed by atoms with van der Waals surface area (Å²) >= 11 is 5.53. The highest BCUT2D eigenvalue weighted by Crippen LogP contribution is 2.17. The van der Waals surface area contributed by atoms with Gasteiger partial charge < -0.3 is 9.64 Å². The van der Waals surface area contributed by atoms with Gasteiger partial charge in [0, 0.05) is 31.3 Å². The van der Waals surface area contributed by atoms with Gasteiger partial charge in [-0.1, -0.05) is 6.07 Å². The normalized spacial score (nSPS) is 19.0. The largest absolute Gasteiger partial charge is 0.472 e. The molecule has 0 bridgehead atoms. The van der Waals surface area contributed by atoms with Crippen LogP contribution in [0.3, 0.4) is 0 Å². The van der Waals surface area contributed by atoms with E-state index in [2.05, 4.69) is 4.98 Å². The lowest BCUT2D eigenvalue weighted by Gasteiger charge is -2.16.